The molecule has 1 unspecified atom stereocenters. The van der Waals surface area contributed by atoms with E-state index >= 15 is 0 Å². The summed E-state index contributed by atoms with van der Waals surface area (Å²) in [5.41, 5.74) is 2.68. The third kappa shape index (κ3) is 4.56. The summed E-state index contributed by atoms with van der Waals surface area (Å²) in [6.45, 7) is 7.84. The van der Waals surface area contributed by atoms with Crippen LogP contribution in [0.4, 0.5) is 0 Å². The Morgan fingerprint density at radius 1 is 1.00 bits per heavy atom. The van der Waals surface area contributed by atoms with Crippen molar-refractivity contribution in [3.8, 4) is 0 Å². The first-order chi connectivity index (χ1) is 13.0. The lowest BCUT2D eigenvalue weighted by molar-refractivity contribution is 0.0926. The first kappa shape index (κ1) is 19.4. The average molecular weight is 392 g/mol. The number of piperazine rings is 1. The standard InChI is InChI=1S/C21H33N3O2S/c1-18-6-5-7-19(14-18)15-22-10-12-23(13-11-22)21-16-24(27(25,26)17-21)20-8-3-2-4-9-20/h5-7,14,20-21H,2-4,8-13,15-17H2,1H3. The van der Waals surface area contributed by atoms with Crippen molar-refractivity contribution in [1.82, 2.24) is 14.1 Å². The van der Waals surface area contributed by atoms with Crippen LogP contribution in [0.2, 0.25) is 0 Å². The minimum Gasteiger partial charge on any atom is -0.297 e. The maximum atomic E-state index is 12.7. The number of aryl methyl sites for hydroxylation is 1. The van der Waals surface area contributed by atoms with Crippen molar-refractivity contribution >= 4 is 10.0 Å². The predicted molar refractivity (Wildman–Crippen MR) is 109 cm³/mol. The van der Waals surface area contributed by atoms with Gasteiger partial charge in [-0.2, -0.15) is 4.31 Å². The van der Waals surface area contributed by atoms with Gasteiger partial charge in [0.1, 0.15) is 0 Å². The Morgan fingerprint density at radius 3 is 2.44 bits per heavy atom. The SMILES string of the molecule is Cc1cccc(CN2CCN(C3CN(C4CCCCC4)S(=O)(=O)C3)CC2)c1. The molecule has 1 aliphatic carbocycles. The molecule has 0 spiro atoms. The molecule has 2 heterocycles. The fourth-order valence-corrected chi connectivity index (χ4v) is 7.09. The third-order valence-electron chi connectivity index (χ3n) is 6.54. The molecule has 27 heavy (non-hydrogen) atoms. The first-order valence-electron chi connectivity index (χ1n) is 10.5. The smallest absolute Gasteiger partial charge is 0.216 e. The van der Waals surface area contributed by atoms with E-state index in [9.17, 15) is 8.42 Å². The topological polar surface area (TPSA) is 43.9 Å². The van der Waals surface area contributed by atoms with E-state index in [1.165, 1.54) is 30.4 Å². The second-order valence-corrected chi connectivity index (χ2v) is 10.6. The van der Waals surface area contributed by atoms with Crippen molar-refractivity contribution in [2.24, 2.45) is 0 Å². The van der Waals surface area contributed by atoms with Gasteiger partial charge in [-0.3, -0.25) is 9.80 Å². The molecule has 0 amide bonds. The Labute approximate surface area is 164 Å². The molecule has 4 rings (SSSR count). The van der Waals surface area contributed by atoms with Crippen LogP contribution in [-0.2, 0) is 16.6 Å². The predicted octanol–water partition coefficient (Wildman–Crippen LogP) is 2.46. The van der Waals surface area contributed by atoms with Crippen LogP contribution in [0.3, 0.4) is 0 Å². The summed E-state index contributed by atoms with van der Waals surface area (Å²) in [7, 11) is -3.07. The van der Waals surface area contributed by atoms with Crippen LogP contribution >= 0.6 is 0 Å². The summed E-state index contributed by atoms with van der Waals surface area (Å²) in [5.74, 6) is 0.321. The van der Waals surface area contributed by atoms with E-state index in [4.69, 9.17) is 0 Å². The van der Waals surface area contributed by atoms with Gasteiger partial charge in [0.2, 0.25) is 10.0 Å². The van der Waals surface area contributed by atoms with E-state index in [-0.39, 0.29) is 12.1 Å². The monoisotopic (exact) mass is 391 g/mol. The average Bonchev–Trinajstić information content (AvgIpc) is 2.98. The molecule has 5 nitrogen and oxygen atoms in total. The molecule has 6 heteroatoms. The minimum atomic E-state index is -3.07. The van der Waals surface area contributed by atoms with Crippen LogP contribution < -0.4 is 0 Å². The van der Waals surface area contributed by atoms with E-state index in [2.05, 4.69) is 41.0 Å². The lowest BCUT2D eigenvalue weighted by Crippen LogP contribution is -2.51. The van der Waals surface area contributed by atoms with Gasteiger partial charge in [0, 0.05) is 51.4 Å². The van der Waals surface area contributed by atoms with Crippen LogP contribution in [0.15, 0.2) is 24.3 Å². The highest BCUT2D eigenvalue weighted by Gasteiger charge is 2.43. The second kappa shape index (κ2) is 8.19. The zero-order valence-corrected chi connectivity index (χ0v) is 17.3. The lowest BCUT2D eigenvalue weighted by atomic mass is 9.95. The van der Waals surface area contributed by atoms with Crippen molar-refractivity contribution in [2.75, 3.05) is 38.5 Å². The fourth-order valence-electron chi connectivity index (χ4n) is 5.03. The molecule has 1 atom stereocenters. The minimum absolute atomic E-state index is 0.179. The number of benzene rings is 1. The normalized spacial score (nSPS) is 28.6. The lowest BCUT2D eigenvalue weighted by Gasteiger charge is -2.38. The Hall–Kier alpha value is -0.950. The van der Waals surface area contributed by atoms with Gasteiger partial charge in [0.15, 0.2) is 0 Å². The summed E-state index contributed by atoms with van der Waals surface area (Å²) in [6, 6.07) is 9.17. The van der Waals surface area contributed by atoms with E-state index in [1.807, 2.05) is 4.31 Å². The van der Waals surface area contributed by atoms with Gasteiger partial charge < -0.3 is 0 Å². The fraction of sp³-hybridized carbons (Fsp3) is 0.714. The highest BCUT2D eigenvalue weighted by Crippen LogP contribution is 2.30. The molecule has 2 saturated heterocycles. The zero-order valence-electron chi connectivity index (χ0n) is 16.5. The Morgan fingerprint density at radius 2 is 1.74 bits per heavy atom. The van der Waals surface area contributed by atoms with Crippen LogP contribution in [-0.4, -0.2) is 73.1 Å². The third-order valence-corrected chi connectivity index (χ3v) is 8.51. The molecular formula is C21H33N3O2S. The molecule has 0 N–H and O–H groups in total. The van der Waals surface area contributed by atoms with Crippen LogP contribution in [0.5, 0.6) is 0 Å². The molecule has 3 aliphatic rings. The number of rotatable bonds is 4. The van der Waals surface area contributed by atoms with Gasteiger partial charge in [0.25, 0.3) is 0 Å². The van der Waals surface area contributed by atoms with Crippen LogP contribution in [0.25, 0.3) is 0 Å². The molecular weight excluding hydrogens is 358 g/mol. The van der Waals surface area contributed by atoms with E-state index in [0.717, 1.165) is 45.6 Å². The van der Waals surface area contributed by atoms with Crippen molar-refractivity contribution in [3.05, 3.63) is 35.4 Å². The van der Waals surface area contributed by atoms with Crippen molar-refractivity contribution < 1.29 is 8.42 Å². The molecule has 1 saturated carbocycles. The number of hydrogen-bond acceptors (Lipinski definition) is 4. The molecule has 0 radical (unpaired) electrons. The Kier molecular flexibility index (Phi) is 5.88. The van der Waals surface area contributed by atoms with Crippen molar-refractivity contribution in [1.29, 1.82) is 0 Å². The maximum Gasteiger partial charge on any atom is 0.216 e. The summed E-state index contributed by atoms with van der Waals surface area (Å²) < 4.78 is 27.3. The van der Waals surface area contributed by atoms with E-state index in [0.29, 0.717) is 12.3 Å². The highest BCUT2D eigenvalue weighted by molar-refractivity contribution is 7.89. The molecule has 2 aliphatic heterocycles. The summed E-state index contributed by atoms with van der Waals surface area (Å²) in [6.07, 6.45) is 5.72. The van der Waals surface area contributed by atoms with Gasteiger partial charge in [-0.25, -0.2) is 8.42 Å². The number of sulfonamides is 1. The maximum absolute atomic E-state index is 12.7. The van der Waals surface area contributed by atoms with E-state index < -0.39 is 10.0 Å². The molecule has 0 bridgehead atoms. The quantitative estimate of drug-likeness (QED) is 0.791. The Bertz CT molecular complexity index is 738. The van der Waals surface area contributed by atoms with Crippen LogP contribution in [0.1, 0.15) is 43.2 Å². The highest BCUT2D eigenvalue weighted by atomic mass is 32.2. The first-order valence-corrected chi connectivity index (χ1v) is 12.1. The van der Waals surface area contributed by atoms with E-state index in [1.54, 1.807) is 0 Å². The molecule has 1 aromatic rings. The number of hydrogen-bond donors (Lipinski definition) is 0. The van der Waals surface area contributed by atoms with Crippen molar-refractivity contribution in [2.45, 2.75) is 57.7 Å². The molecule has 150 valence electrons. The van der Waals surface area contributed by atoms with Gasteiger partial charge in [-0.1, -0.05) is 49.1 Å². The molecule has 0 aromatic heterocycles. The molecule has 1 aromatic carbocycles. The molecule has 3 fully saturated rings. The zero-order chi connectivity index (χ0) is 18.9. The summed E-state index contributed by atoms with van der Waals surface area (Å²) in [4.78, 5) is 4.92. The van der Waals surface area contributed by atoms with Crippen LogP contribution in [0, 0.1) is 6.92 Å². The second-order valence-electron chi connectivity index (χ2n) is 8.60. The largest absolute Gasteiger partial charge is 0.297 e. The summed E-state index contributed by atoms with van der Waals surface area (Å²) in [5, 5.41) is 0. The van der Waals surface area contributed by atoms with Gasteiger partial charge in [-0.15, -0.1) is 0 Å². The summed E-state index contributed by atoms with van der Waals surface area (Å²) >= 11 is 0. The van der Waals surface area contributed by atoms with Gasteiger partial charge in [-0.05, 0) is 25.3 Å². The van der Waals surface area contributed by atoms with Gasteiger partial charge >= 0.3 is 0 Å². The number of nitrogens with zero attached hydrogens (tertiary/aromatic N) is 3. The Balaban J connectivity index is 1.32. The van der Waals surface area contributed by atoms with Crippen molar-refractivity contribution in [3.63, 3.8) is 0 Å². The van der Waals surface area contributed by atoms with Gasteiger partial charge in [0.05, 0.1) is 5.75 Å².